The van der Waals surface area contributed by atoms with Crippen molar-refractivity contribution in [1.82, 2.24) is 33.6 Å². The molecule has 10 rings (SSSR count). The lowest BCUT2D eigenvalue weighted by atomic mass is 9.92. The van der Waals surface area contributed by atoms with Crippen molar-refractivity contribution < 1.29 is 32.8 Å². The normalized spacial score (nSPS) is 18.0. The van der Waals surface area contributed by atoms with Gasteiger partial charge in [-0.05, 0) is 116 Å². The average Bonchev–Trinajstić information content (AvgIpc) is 4.22. The molecule has 0 atom stereocenters. The lowest BCUT2D eigenvalue weighted by Crippen LogP contribution is -2.53. The number of halogens is 1. The van der Waals surface area contributed by atoms with E-state index in [-0.39, 0.29) is 47.2 Å². The van der Waals surface area contributed by atoms with Crippen LogP contribution in [0.1, 0.15) is 89.5 Å². The van der Waals surface area contributed by atoms with Crippen molar-refractivity contribution in [2.45, 2.75) is 65.5 Å². The predicted octanol–water partition coefficient (Wildman–Crippen LogP) is 8.15. The first-order valence-electron chi connectivity index (χ1n) is 23.4. The second kappa shape index (κ2) is 20.0. The highest BCUT2D eigenvalue weighted by Gasteiger charge is 2.35. The van der Waals surface area contributed by atoms with E-state index in [1.807, 2.05) is 47.7 Å². The Bertz CT molecular complexity index is 2650. The van der Waals surface area contributed by atoms with Gasteiger partial charge in [0.1, 0.15) is 17.2 Å². The fourth-order valence-electron chi connectivity index (χ4n) is 10.0. The van der Waals surface area contributed by atoms with Crippen molar-refractivity contribution in [1.29, 1.82) is 0 Å². The molecule has 0 aliphatic carbocycles. The van der Waals surface area contributed by atoms with Crippen LogP contribution in [0.4, 0.5) is 4.39 Å². The van der Waals surface area contributed by atoms with Crippen LogP contribution in [-0.4, -0.2) is 129 Å². The lowest BCUT2D eigenvalue weighted by Gasteiger charge is -2.38. The maximum atomic E-state index is 13.5. The van der Waals surface area contributed by atoms with Crippen LogP contribution in [0, 0.1) is 23.6 Å². The Kier molecular flexibility index (Phi) is 13.8. The van der Waals surface area contributed by atoms with E-state index in [4.69, 9.17) is 4.42 Å². The highest BCUT2D eigenvalue weighted by Crippen LogP contribution is 2.31. The Hall–Kier alpha value is -5.74. The number of rotatable bonds is 8. The number of nitrogens with zero attached hydrogens (tertiary/aromatic N) is 7. The second-order valence-electron chi connectivity index (χ2n) is 18.1. The van der Waals surface area contributed by atoms with Gasteiger partial charge in [0.25, 0.3) is 17.7 Å². The second-order valence-corrected chi connectivity index (χ2v) is 20.0. The third-order valence-corrected chi connectivity index (χ3v) is 15.7. The van der Waals surface area contributed by atoms with Gasteiger partial charge in [0.15, 0.2) is 5.76 Å². The Morgan fingerprint density at radius 3 is 1.58 bits per heavy atom. The quantitative estimate of drug-likeness (QED) is 0.152. The number of piperazine rings is 1. The molecule has 5 aromatic heterocycles. The molecular weight excluding hydrogens is 878 g/mol. The van der Waals surface area contributed by atoms with Gasteiger partial charge in [-0.1, -0.05) is 19.1 Å². The Labute approximate surface area is 392 Å². The van der Waals surface area contributed by atoms with E-state index in [0.717, 1.165) is 77.0 Å². The maximum Gasteiger partial charge on any atom is 0.289 e. The molecule has 0 spiro atoms. The van der Waals surface area contributed by atoms with Crippen LogP contribution in [0.15, 0.2) is 82.1 Å². The number of piperidine rings is 3. The zero-order chi connectivity index (χ0) is 45.9. The summed E-state index contributed by atoms with van der Waals surface area (Å²) in [5.74, 6) is 1.08. The van der Waals surface area contributed by atoms with Crippen molar-refractivity contribution in [2.24, 2.45) is 17.8 Å². The molecule has 9 heterocycles. The molecule has 4 aliphatic rings. The molecular formula is C50H58FN7O6S2. The summed E-state index contributed by atoms with van der Waals surface area (Å²) in [6.07, 6.45) is 6.48. The molecule has 0 unspecified atom stereocenters. The van der Waals surface area contributed by atoms with Crippen molar-refractivity contribution in [3.05, 3.63) is 106 Å². The monoisotopic (exact) mass is 935 g/mol. The van der Waals surface area contributed by atoms with Crippen LogP contribution in [0.25, 0.3) is 20.4 Å². The summed E-state index contributed by atoms with van der Waals surface area (Å²) < 4.78 is 24.9. The summed E-state index contributed by atoms with van der Waals surface area (Å²) in [5, 5.41) is 4.08. The summed E-state index contributed by atoms with van der Waals surface area (Å²) in [6, 6.07) is 17.9. The van der Waals surface area contributed by atoms with E-state index in [9.17, 15) is 28.4 Å². The summed E-state index contributed by atoms with van der Waals surface area (Å²) in [6.45, 7) is 11.8. The number of fused-ring (bicyclic) bond motifs is 2. The van der Waals surface area contributed by atoms with Crippen molar-refractivity contribution in [2.75, 3.05) is 65.4 Å². The van der Waals surface area contributed by atoms with Gasteiger partial charge >= 0.3 is 0 Å². The zero-order valence-corrected chi connectivity index (χ0v) is 39.4. The van der Waals surface area contributed by atoms with Crippen molar-refractivity contribution >= 4 is 72.6 Å². The number of benzene rings is 1. The van der Waals surface area contributed by atoms with Crippen LogP contribution < -0.4 is 0 Å². The Balaban J connectivity index is 0.000000166. The van der Waals surface area contributed by atoms with E-state index >= 15 is 0 Å². The molecule has 0 saturated carbocycles. The van der Waals surface area contributed by atoms with Crippen LogP contribution in [0.2, 0.25) is 0 Å². The molecule has 16 heteroatoms. The number of hydrogen-bond acceptors (Lipinski definition) is 8. The minimum atomic E-state index is -0.264. The van der Waals surface area contributed by atoms with Crippen LogP contribution >= 0.6 is 22.7 Å². The largest absolute Gasteiger partial charge is 0.459 e. The minimum Gasteiger partial charge on any atom is -0.459 e. The highest BCUT2D eigenvalue weighted by atomic mass is 32.1. The van der Waals surface area contributed by atoms with E-state index in [0.29, 0.717) is 89.1 Å². The Morgan fingerprint density at radius 2 is 1.06 bits per heavy atom. The third-order valence-electron chi connectivity index (χ3n) is 14.0. The first kappa shape index (κ1) is 45.4. The molecule has 0 radical (unpaired) electrons. The van der Waals surface area contributed by atoms with Crippen LogP contribution in [0.3, 0.4) is 0 Å². The topological polar surface area (TPSA) is 125 Å². The molecule has 6 aromatic rings. The van der Waals surface area contributed by atoms with Gasteiger partial charge < -0.3 is 38.1 Å². The minimum absolute atomic E-state index is 0.0122. The fourth-order valence-corrected chi connectivity index (χ4v) is 11.7. The molecule has 4 aliphatic heterocycles. The van der Waals surface area contributed by atoms with Gasteiger partial charge in [0, 0.05) is 90.4 Å². The number of amides is 5. The van der Waals surface area contributed by atoms with E-state index < -0.39 is 0 Å². The van der Waals surface area contributed by atoms with Crippen LogP contribution in [-0.2, 0) is 22.7 Å². The first-order valence-corrected chi connectivity index (χ1v) is 25.2. The molecule has 4 fully saturated rings. The number of likely N-dealkylation sites (tertiary alicyclic amines) is 3. The third kappa shape index (κ3) is 9.57. The highest BCUT2D eigenvalue weighted by molar-refractivity contribution is 7.17. The van der Waals surface area contributed by atoms with Gasteiger partial charge in [0.05, 0.1) is 26.7 Å². The number of hydrogen-bond donors (Lipinski definition) is 0. The van der Waals surface area contributed by atoms with Gasteiger partial charge in [0.2, 0.25) is 11.8 Å². The predicted molar refractivity (Wildman–Crippen MR) is 254 cm³/mol. The van der Waals surface area contributed by atoms with Gasteiger partial charge in [-0.3, -0.25) is 24.0 Å². The molecule has 0 N–H and O–H groups in total. The first-order chi connectivity index (χ1) is 32.1. The number of thiophene rings is 2. The lowest BCUT2D eigenvalue weighted by molar-refractivity contribution is -0.139. The van der Waals surface area contributed by atoms with Gasteiger partial charge in [-0.15, -0.1) is 22.7 Å². The van der Waals surface area contributed by atoms with Crippen molar-refractivity contribution in [3.63, 3.8) is 0 Å². The SMILES string of the molecule is CC1CCN(C(=O)C2CCN(C(=O)c3cc4sccc4n3Cc3ccc(F)cc3)CC2)CC1.CCn1c(C(=O)N2CCC(C(=O)N3CCN(C(=O)c4ccco4)CC3)CC2)cc2sccc21. The smallest absolute Gasteiger partial charge is 0.289 e. The molecule has 13 nitrogen and oxygen atoms in total. The number of aryl methyl sites for hydroxylation is 1. The summed E-state index contributed by atoms with van der Waals surface area (Å²) in [7, 11) is 0. The molecule has 5 amide bonds. The van der Waals surface area contributed by atoms with Crippen molar-refractivity contribution in [3.8, 4) is 0 Å². The van der Waals surface area contributed by atoms with Gasteiger partial charge in [-0.2, -0.15) is 0 Å². The van der Waals surface area contributed by atoms with E-state index in [1.165, 1.54) is 18.4 Å². The van der Waals surface area contributed by atoms with Crippen LogP contribution in [0.5, 0.6) is 0 Å². The Morgan fingerprint density at radius 1 is 0.591 bits per heavy atom. The molecule has 348 valence electrons. The summed E-state index contributed by atoms with van der Waals surface area (Å²) in [5.41, 5.74) is 4.49. The molecule has 66 heavy (non-hydrogen) atoms. The maximum absolute atomic E-state index is 13.5. The standard InChI is InChI=1S/C26H30FN3O2S.C24H28N4O4S/c1-18-6-11-28(12-7-18)25(31)20-8-13-29(14-9-20)26(32)23-16-24-22(10-15-33-24)30(23)17-19-2-4-21(27)5-3-19;1-2-28-18-7-15-33-21(18)16-19(28)23(30)25-8-5-17(6-9-25)22(29)26-10-12-27(13-11-26)24(31)20-4-3-14-32-20/h2-5,10,15-16,18,20H,6-9,11-14,17H2,1H3;3-4,7,14-17H,2,5-6,8-13H2,1H3. The molecule has 1 aromatic carbocycles. The van der Waals surface area contributed by atoms with E-state index in [1.54, 1.807) is 51.8 Å². The summed E-state index contributed by atoms with van der Waals surface area (Å²) in [4.78, 5) is 74.6. The zero-order valence-electron chi connectivity index (χ0n) is 37.7. The molecule has 0 bridgehead atoms. The number of carbonyl (C=O) groups is 5. The number of furan rings is 1. The number of aromatic nitrogens is 2. The number of carbonyl (C=O) groups excluding carboxylic acids is 5. The molecule has 4 saturated heterocycles. The fraction of sp³-hybridized carbons (Fsp3) is 0.460. The van der Waals surface area contributed by atoms with Gasteiger partial charge in [-0.25, -0.2) is 4.39 Å². The average molecular weight is 936 g/mol. The summed E-state index contributed by atoms with van der Waals surface area (Å²) >= 11 is 3.27. The van der Waals surface area contributed by atoms with E-state index in [2.05, 4.69) is 29.9 Å².